The van der Waals surface area contributed by atoms with E-state index in [4.69, 9.17) is 16.9 Å². The summed E-state index contributed by atoms with van der Waals surface area (Å²) in [4.78, 5) is 11.6. The molecule has 1 amide bonds. The van der Waals surface area contributed by atoms with E-state index in [0.717, 1.165) is 11.3 Å². The Balaban J connectivity index is 2.43. The Kier molecular flexibility index (Phi) is 5.88. The number of carbonyl (C=O) groups excluding carboxylic acids is 1. The second-order valence-electron chi connectivity index (χ2n) is 3.47. The van der Waals surface area contributed by atoms with Crippen molar-refractivity contribution in [1.82, 2.24) is 0 Å². The highest BCUT2D eigenvalue weighted by atomic mass is 35.5. The molecule has 5 heteroatoms. The number of thioether (sulfide) groups is 1. The number of nitriles is 1. The zero-order valence-electron chi connectivity index (χ0n) is 9.50. The first kappa shape index (κ1) is 13.9. The summed E-state index contributed by atoms with van der Waals surface area (Å²) in [5.74, 6) is 0.992. The van der Waals surface area contributed by atoms with Crippen LogP contribution in [0.15, 0.2) is 18.2 Å². The quantitative estimate of drug-likeness (QED) is 0.834. The van der Waals surface area contributed by atoms with Crippen LogP contribution in [0.3, 0.4) is 0 Å². The van der Waals surface area contributed by atoms with Crippen molar-refractivity contribution in [3.05, 3.63) is 28.8 Å². The Hall–Kier alpha value is -1.18. The number of aryl methyl sites for hydroxylation is 1. The second kappa shape index (κ2) is 7.21. The topological polar surface area (TPSA) is 52.9 Å². The average Bonchev–Trinajstić information content (AvgIpc) is 2.28. The summed E-state index contributed by atoms with van der Waals surface area (Å²) in [6.45, 7) is 1.89. The molecule has 0 aromatic heterocycles. The normalized spacial score (nSPS) is 9.71. The number of hydrogen-bond donors (Lipinski definition) is 1. The fraction of sp³-hybridized carbons (Fsp3) is 0.333. The van der Waals surface area contributed by atoms with Crippen LogP contribution in [-0.4, -0.2) is 17.4 Å². The van der Waals surface area contributed by atoms with Gasteiger partial charge in [-0.1, -0.05) is 11.6 Å². The molecular formula is C12H13ClN2OS. The predicted molar refractivity (Wildman–Crippen MR) is 72.4 cm³/mol. The van der Waals surface area contributed by atoms with E-state index in [1.54, 1.807) is 18.2 Å². The van der Waals surface area contributed by atoms with E-state index < -0.39 is 0 Å². The van der Waals surface area contributed by atoms with Crippen LogP contribution in [0, 0.1) is 18.3 Å². The molecule has 0 saturated heterocycles. The van der Waals surface area contributed by atoms with Crippen LogP contribution in [0.4, 0.5) is 5.69 Å². The van der Waals surface area contributed by atoms with E-state index in [1.807, 2.05) is 13.0 Å². The molecule has 0 bridgehead atoms. The third kappa shape index (κ3) is 5.12. The van der Waals surface area contributed by atoms with Crippen LogP contribution in [0.25, 0.3) is 0 Å². The Morgan fingerprint density at radius 3 is 3.00 bits per heavy atom. The Morgan fingerprint density at radius 1 is 1.59 bits per heavy atom. The first-order valence-electron chi connectivity index (χ1n) is 5.14. The van der Waals surface area contributed by atoms with Gasteiger partial charge in [-0.3, -0.25) is 4.79 Å². The highest BCUT2D eigenvalue weighted by molar-refractivity contribution is 7.99. The molecule has 0 fully saturated rings. The molecule has 0 aliphatic heterocycles. The van der Waals surface area contributed by atoms with Gasteiger partial charge < -0.3 is 5.32 Å². The van der Waals surface area contributed by atoms with Crippen LogP contribution in [-0.2, 0) is 4.79 Å². The average molecular weight is 269 g/mol. The van der Waals surface area contributed by atoms with Crippen molar-refractivity contribution < 1.29 is 4.79 Å². The Labute approximate surface area is 110 Å². The summed E-state index contributed by atoms with van der Waals surface area (Å²) in [7, 11) is 0. The highest BCUT2D eigenvalue weighted by Gasteiger charge is 2.05. The Bertz CT molecular complexity index is 443. The maximum absolute atomic E-state index is 11.6. The van der Waals surface area contributed by atoms with E-state index >= 15 is 0 Å². The lowest BCUT2D eigenvalue weighted by molar-refractivity contribution is -0.113. The minimum Gasteiger partial charge on any atom is -0.325 e. The number of amides is 1. The fourth-order valence-corrected chi connectivity index (χ4v) is 2.10. The number of carbonyl (C=O) groups is 1. The number of nitrogens with one attached hydrogen (secondary N) is 1. The van der Waals surface area contributed by atoms with Gasteiger partial charge in [-0.15, -0.1) is 0 Å². The minimum atomic E-state index is -0.0571. The molecule has 90 valence electrons. The van der Waals surface area contributed by atoms with Crippen molar-refractivity contribution in [2.45, 2.75) is 13.3 Å². The molecule has 0 saturated carbocycles. The van der Waals surface area contributed by atoms with E-state index in [2.05, 4.69) is 5.32 Å². The third-order valence-electron chi connectivity index (χ3n) is 2.05. The van der Waals surface area contributed by atoms with Gasteiger partial charge in [0.05, 0.1) is 11.8 Å². The number of rotatable bonds is 5. The smallest absolute Gasteiger partial charge is 0.234 e. The van der Waals surface area contributed by atoms with Gasteiger partial charge in [-0.2, -0.15) is 17.0 Å². The molecule has 0 unspecified atom stereocenters. The van der Waals surface area contributed by atoms with Crippen LogP contribution < -0.4 is 5.32 Å². The van der Waals surface area contributed by atoms with Crippen LogP contribution in [0.5, 0.6) is 0 Å². The zero-order chi connectivity index (χ0) is 12.7. The summed E-state index contributed by atoms with van der Waals surface area (Å²) < 4.78 is 0. The summed E-state index contributed by atoms with van der Waals surface area (Å²) in [6, 6.07) is 7.38. The van der Waals surface area contributed by atoms with Crippen molar-refractivity contribution in [1.29, 1.82) is 5.26 Å². The molecule has 1 aromatic rings. The van der Waals surface area contributed by atoms with E-state index in [1.165, 1.54) is 11.8 Å². The molecule has 0 atom stereocenters. The van der Waals surface area contributed by atoms with Crippen LogP contribution in [0.2, 0.25) is 5.02 Å². The molecule has 1 N–H and O–H groups in total. The first-order chi connectivity index (χ1) is 8.13. The van der Waals surface area contributed by atoms with Gasteiger partial charge in [0.1, 0.15) is 0 Å². The second-order valence-corrected chi connectivity index (χ2v) is 5.01. The van der Waals surface area contributed by atoms with E-state index in [0.29, 0.717) is 22.9 Å². The van der Waals surface area contributed by atoms with Gasteiger partial charge in [-0.25, -0.2) is 0 Å². The molecular weight excluding hydrogens is 256 g/mol. The lowest BCUT2D eigenvalue weighted by Gasteiger charge is -2.08. The lowest BCUT2D eigenvalue weighted by Crippen LogP contribution is -2.15. The molecule has 1 aromatic carbocycles. The van der Waals surface area contributed by atoms with Gasteiger partial charge in [0.15, 0.2) is 0 Å². The number of anilines is 1. The SMILES string of the molecule is Cc1cc(Cl)ccc1NC(=O)CSCCC#N. The number of nitrogens with zero attached hydrogens (tertiary/aromatic N) is 1. The van der Waals surface area contributed by atoms with Gasteiger partial charge in [0, 0.05) is 22.9 Å². The minimum absolute atomic E-state index is 0.0571. The van der Waals surface area contributed by atoms with Crippen molar-refractivity contribution in [2.24, 2.45) is 0 Å². The molecule has 3 nitrogen and oxygen atoms in total. The van der Waals surface area contributed by atoms with Crippen molar-refractivity contribution in [3.8, 4) is 6.07 Å². The number of hydrogen-bond acceptors (Lipinski definition) is 3. The fourth-order valence-electron chi connectivity index (χ4n) is 1.24. The largest absolute Gasteiger partial charge is 0.325 e. The van der Waals surface area contributed by atoms with E-state index in [9.17, 15) is 4.79 Å². The molecule has 0 aliphatic rings. The molecule has 0 spiro atoms. The molecule has 0 aliphatic carbocycles. The predicted octanol–water partition coefficient (Wildman–Crippen LogP) is 3.23. The van der Waals surface area contributed by atoms with Crippen LogP contribution in [0.1, 0.15) is 12.0 Å². The zero-order valence-corrected chi connectivity index (χ0v) is 11.1. The van der Waals surface area contributed by atoms with Crippen molar-refractivity contribution in [3.63, 3.8) is 0 Å². The standard InChI is InChI=1S/C12H13ClN2OS/c1-9-7-10(13)3-4-11(9)15-12(16)8-17-6-2-5-14/h3-4,7H,2,6,8H2,1H3,(H,15,16). The van der Waals surface area contributed by atoms with Crippen molar-refractivity contribution in [2.75, 3.05) is 16.8 Å². The van der Waals surface area contributed by atoms with Gasteiger partial charge in [-0.05, 0) is 30.7 Å². The maximum atomic E-state index is 11.6. The monoisotopic (exact) mass is 268 g/mol. The van der Waals surface area contributed by atoms with Gasteiger partial charge in [0.25, 0.3) is 0 Å². The third-order valence-corrected chi connectivity index (χ3v) is 3.25. The van der Waals surface area contributed by atoms with Gasteiger partial charge >= 0.3 is 0 Å². The molecule has 17 heavy (non-hydrogen) atoms. The molecule has 1 rings (SSSR count). The summed E-state index contributed by atoms with van der Waals surface area (Å²) >= 11 is 7.28. The number of halogens is 1. The summed E-state index contributed by atoms with van der Waals surface area (Å²) in [5, 5.41) is 11.8. The molecule has 0 radical (unpaired) electrons. The first-order valence-corrected chi connectivity index (χ1v) is 6.67. The molecule has 0 heterocycles. The van der Waals surface area contributed by atoms with Gasteiger partial charge in [0.2, 0.25) is 5.91 Å². The van der Waals surface area contributed by atoms with Crippen LogP contribution >= 0.6 is 23.4 Å². The Morgan fingerprint density at radius 2 is 2.35 bits per heavy atom. The van der Waals surface area contributed by atoms with Crippen molar-refractivity contribution >= 4 is 35.0 Å². The highest BCUT2D eigenvalue weighted by Crippen LogP contribution is 2.19. The summed E-state index contributed by atoms with van der Waals surface area (Å²) in [5.41, 5.74) is 1.72. The maximum Gasteiger partial charge on any atom is 0.234 e. The number of benzene rings is 1. The summed E-state index contributed by atoms with van der Waals surface area (Å²) in [6.07, 6.45) is 0.470. The van der Waals surface area contributed by atoms with E-state index in [-0.39, 0.29) is 5.91 Å². The lowest BCUT2D eigenvalue weighted by atomic mass is 10.2.